The van der Waals surface area contributed by atoms with E-state index in [-0.39, 0.29) is 5.92 Å². The van der Waals surface area contributed by atoms with Crippen LogP contribution in [-0.4, -0.2) is 19.7 Å². The van der Waals surface area contributed by atoms with Gasteiger partial charge in [0, 0.05) is 6.20 Å². The molecule has 4 aromatic rings. The quantitative estimate of drug-likeness (QED) is 0.575. The lowest BCUT2D eigenvalue weighted by atomic mass is 9.90. The Balaban J connectivity index is 1.89. The van der Waals surface area contributed by atoms with Crippen LogP contribution in [0.1, 0.15) is 22.9 Å². The zero-order chi connectivity index (χ0) is 16.2. The highest BCUT2D eigenvalue weighted by Crippen LogP contribution is 2.31. The minimum Gasteiger partial charge on any atom is -0.283 e. The Kier molecular flexibility index (Phi) is 3.86. The highest BCUT2D eigenvalue weighted by atomic mass is 15.3. The van der Waals surface area contributed by atoms with E-state index in [0.29, 0.717) is 0 Å². The van der Waals surface area contributed by atoms with Gasteiger partial charge in [-0.1, -0.05) is 60.7 Å². The Bertz CT molecular complexity index is 863. The first kappa shape index (κ1) is 14.3. The molecule has 0 bridgehead atoms. The standard InChI is InChI=1S/C20H16N4/c1-3-8-16(9-4-1)19(17-10-5-2-6-11-17)20-23-22-15-24(20)18-12-7-13-21-14-18/h1-15,19H. The summed E-state index contributed by atoms with van der Waals surface area (Å²) in [6.45, 7) is 0. The molecule has 2 aromatic heterocycles. The number of benzene rings is 2. The molecule has 0 saturated heterocycles. The van der Waals surface area contributed by atoms with E-state index < -0.39 is 0 Å². The molecule has 0 saturated carbocycles. The van der Waals surface area contributed by atoms with Crippen LogP contribution in [0.3, 0.4) is 0 Å². The maximum absolute atomic E-state index is 4.43. The van der Waals surface area contributed by atoms with E-state index >= 15 is 0 Å². The molecule has 0 fully saturated rings. The summed E-state index contributed by atoms with van der Waals surface area (Å²) in [5.41, 5.74) is 3.32. The summed E-state index contributed by atoms with van der Waals surface area (Å²) in [4.78, 5) is 4.21. The van der Waals surface area contributed by atoms with Gasteiger partial charge in [-0.2, -0.15) is 0 Å². The molecule has 0 spiro atoms. The number of aromatic nitrogens is 4. The summed E-state index contributed by atoms with van der Waals surface area (Å²) in [6.07, 6.45) is 5.32. The lowest BCUT2D eigenvalue weighted by molar-refractivity contribution is 0.813. The van der Waals surface area contributed by atoms with Crippen molar-refractivity contribution in [1.82, 2.24) is 19.7 Å². The average Bonchev–Trinajstić information content (AvgIpc) is 3.14. The Morgan fingerprint density at radius 3 is 2.00 bits per heavy atom. The summed E-state index contributed by atoms with van der Waals surface area (Å²) in [5.74, 6) is 0.885. The topological polar surface area (TPSA) is 43.6 Å². The molecular formula is C20H16N4. The average molecular weight is 312 g/mol. The minimum absolute atomic E-state index is 0.00936. The second-order valence-electron chi connectivity index (χ2n) is 5.52. The third kappa shape index (κ3) is 2.70. The molecule has 2 aromatic carbocycles. The Labute approximate surface area is 140 Å². The van der Waals surface area contributed by atoms with Crippen LogP contribution in [0.2, 0.25) is 0 Å². The third-order valence-corrected chi connectivity index (χ3v) is 4.02. The minimum atomic E-state index is 0.00936. The monoisotopic (exact) mass is 312 g/mol. The summed E-state index contributed by atoms with van der Waals surface area (Å²) in [6, 6.07) is 24.7. The molecule has 2 heterocycles. The fourth-order valence-electron chi connectivity index (χ4n) is 2.92. The van der Waals surface area contributed by atoms with E-state index in [1.165, 1.54) is 11.1 Å². The molecule has 24 heavy (non-hydrogen) atoms. The van der Waals surface area contributed by atoms with Crippen molar-refractivity contribution in [1.29, 1.82) is 0 Å². The summed E-state index contributed by atoms with van der Waals surface area (Å²) in [5, 5.41) is 8.59. The fraction of sp³-hybridized carbons (Fsp3) is 0.0500. The second kappa shape index (κ2) is 6.46. The first-order chi connectivity index (χ1) is 11.9. The van der Waals surface area contributed by atoms with Gasteiger partial charge in [0.05, 0.1) is 17.8 Å². The van der Waals surface area contributed by atoms with Gasteiger partial charge in [0.1, 0.15) is 12.2 Å². The fourth-order valence-corrected chi connectivity index (χ4v) is 2.92. The number of hydrogen-bond donors (Lipinski definition) is 0. The van der Waals surface area contributed by atoms with E-state index in [4.69, 9.17) is 0 Å². The number of hydrogen-bond acceptors (Lipinski definition) is 3. The number of pyridine rings is 1. The van der Waals surface area contributed by atoms with Crippen LogP contribution in [0.4, 0.5) is 0 Å². The van der Waals surface area contributed by atoms with Crippen molar-refractivity contribution in [3.8, 4) is 5.69 Å². The molecule has 4 heteroatoms. The van der Waals surface area contributed by atoms with Crippen molar-refractivity contribution in [2.75, 3.05) is 0 Å². The molecule has 0 aliphatic rings. The predicted molar refractivity (Wildman–Crippen MR) is 93.0 cm³/mol. The van der Waals surface area contributed by atoms with Gasteiger partial charge in [-0.15, -0.1) is 10.2 Å². The first-order valence-corrected chi connectivity index (χ1v) is 7.84. The van der Waals surface area contributed by atoms with Gasteiger partial charge < -0.3 is 0 Å². The first-order valence-electron chi connectivity index (χ1n) is 7.84. The maximum atomic E-state index is 4.43. The van der Waals surface area contributed by atoms with Gasteiger partial charge in [0.2, 0.25) is 0 Å². The molecule has 0 aliphatic heterocycles. The Hall–Kier alpha value is -3.27. The van der Waals surface area contributed by atoms with Crippen molar-refractivity contribution in [3.05, 3.63) is 108 Å². The molecule has 0 N–H and O–H groups in total. The molecule has 0 unspecified atom stereocenters. The van der Waals surface area contributed by atoms with E-state index in [2.05, 4.69) is 63.7 Å². The van der Waals surface area contributed by atoms with E-state index in [1.54, 1.807) is 12.5 Å². The van der Waals surface area contributed by atoms with Crippen LogP contribution < -0.4 is 0 Å². The Morgan fingerprint density at radius 2 is 1.42 bits per heavy atom. The van der Waals surface area contributed by atoms with Crippen molar-refractivity contribution in [2.45, 2.75) is 5.92 Å². The Morgan fingerprint density at radius 1 is 0.750 bits per heavy atom. The molecule has 116 valence electrons. The van der Waals surface area contributed by atoms with Crippen LogP contribution in [0.25, 0.3) is 5.69 Å². The van der Waals surface area contributed by atoms with Gasteiger partial charge in [0.25, 0.3) is 0 Å². The molecule has 4 nitrogen and oxygen atoms in total. The number of rotatable bonds is 4. The van der Waals surface area contributed by atoms with Crippen LogP contribution in [0, 0.1) is 0 Å². The van der Waals surface area contributed by atoms with Gasteiger partial charge in [-0.05, 0) is 23.3 Å². The van der Waals surface area contributed by atoms with Crippen LogP contribution in [0.5, 0.6) is 0 Å². The normalized spacial score (nSPS) is 10.9. The third-order valence-electron chi connectivity index (χ3n) is 4.02. The highest BCUT2D eigenvalue weighted by Gasteiger charge is 2.22. The summed E-state index contributed by atoms with van der Waals surface area (Å²) < 4.78 is 2.00. The van der Waals surface area contributed by atoms with Gasteiger partial charge in [-0.25, -0.2) is 0 Å². The zero-order valence-electron chi connectivity index (χ0n) is 13.0. The van der Waals surface area contributed by atoms with Crippen molar-refractivity contribution in [3.63, 3.8) is 0 Å². The molecule has 0 radical (unpaired) electrons. The number of nitrogens with zero attached hydrogens (tertiary/aromatic N) is 4. The zero-order valence-corrected chi connectivity index (χ0v) is 13.0. The van der Waals surface area contributed by atoms with Gasteiger partial charge in [0.15, 0.2) is 0 Å². The van der Waals surface area contributed by atoms with Gasteiger partial charge >= 0.3 is 0 Å². The SMILES string of the molecule is c1ccc(C(c2ccccc2)c2nncn2-c2cccnc2)cc1. The molecule has 0 amide bonds. The lowest BCUT2D eigenvalue weighted by Crippen LogP contribution is -2.10. The van der Waals surface area contributed by atoms with Crippen molar-refractivity contribution < 1.29 is 0 Å². The van der Waals surface area contributed by atoms with E-state index in [1.807, 2.05) is 35.0 Å². The molecule has 0 aliphatic carbocycles. The highest BCUT2D eigenvalue weighted by molar-refractivity contribution is 5.41. The molecule has 0 atom stereocenters. The molecular weight excluding hydrogens is 296 g/mol. The largest absolute Gasteiger partial charge is 0.283 e. The lowest BCUT2D eigenvalue weighted by Gasteiger charge is -2.18. The predicted octanol–water partition coefficient (Wildman–Crippen LogP) is 3.84. The molecule has 4 rings (SSSR count). The van der Waals surface area contributed by atoms with Crippen molar-refractivity contribution >= 4 is 0 Å². The summed E-state index contributed by atoms with van der Waals surface area (Å²) >= 11 is 0. The smallest absolute Gasteiger partial charge is 0.149 e. The van der Waals surface area contributed by atoms with E-state index in [9.17, 15) is 0 Å². The van der Waals surface area contributed by atoms with E-state index in [0.717, 1.165) is 11.5 Å². The second-order valence-corrected chi connectivity index (χ2v) is 5.52. The van der Waals surface area contributed by atoms with Crippen molar-refractivity contribution in [2.24, 2.45) is 0 Å². The van der Waals surface area contributed by atoms with Crippen LogP contribution >= 0.6 is 0 Å². The summed E-state index contributed by atoms with van der Waals surface area (Å²) in [7, 11) is 0. The van der Waals surface area contributed by atoms with Gasteiger partial charge in [-0.3, -0.25) is 9.55 Å². The maximum Gasteiger partial charge on any atom is 0.149 e. The van der Waals surface area contributed by atoms with Crippen LogP contribution in [-0.2, 0) is 0 Å². The van der Waals surface area contributed by atoms with Crippen LogP contribution in [0.15, 0.2) is 91.5 Å².